The third-order valence-electron chi connectivity index (χ3n) is 7.26. The third-order valence-corrected chi connectivity index (χ3v) is 7.26. The molecule has 5 heteroatoms. The Balaban J connectivity index is 3.56. The first-order valence-electron chi connectivity index (χ1n) is 15.1. The van der Waals surface area contributed by atoms with Gasteiger partial charge in [0.1, 0.15) is 0 Å². The van der Waals surface area contributed by atoms with Crippen LogP contribution in [0.1, 0.15) is 149 Å². The summed E-state index contributed by atoms with van der Waals surface area (Å²) in [6.07, 6.45) is 26.6. The number of amides is 1. The maximum Gasteiger partial charge on any atom is 0.364 e. The van der Waals surface area contributed by atoms with Crippen LogP contribution in [0.3, 0.4) is 0 Å². The van der Waals surface area contributed by atoms with Crippen molar-refractivity contribution in [2.75, 3.05) is 21.1 Å². The minimum atomic E-state index is -0.854. The number of likely N-dealkylation sites (N-methyl/N-ethyl adjacent to an activating group) is 1. The summed E-state index contributed by atoms with van der Waals surface area (Å²) in [6, 6.07) is -0.964. The Kier molecular flexibility index (Phi) is 21.4. The zero-order chi connectivity index (χ0) is 26.4. The van der Waals surface area contributed by atoms with E-state index in [-0.39, 0.29) is 11.9 Å². The molecule has 0 saturated carbocycles. The molecular formula is C30H61N2O3+. The van der Waals surface area contributed by atoms with Gasteiger partial charge >= 0.3 is 5.97 Å². The molecule has 0 radical (unpaired) electrons. The van der Waals surface area contributed by atoms with E-state index in [4.69, 9.17) is 0 Å². The molecule has 0 aliphatic carbocycles. The van der Waals surface area contributed by atoms with Crippen LogP contribution in [0.2, 0.25) is 0 Å². The number of carboxylic acid groups (broad SMARTS) is 1. The van der Waals surface area contributed by atoms with Gasteiger partial charge in [-0.2, -0.15) is 0 Å². The van der Waals surface area contributed by atoms with E-state index in [9.17, 15) is 14.7 Å². The fourth-order valence-electron chi connectivity index (χ4n) is 5.09. The lowest BCUT2D eigenvalue weighted by atomic mass is 10.0. The van der Waals surface area contributed by atoms with Gasteiger partial charge in [-0.25, -0.2) is 4.79 Å². The van der Waals surface area contributed by atoms with Crippen LogP contribution in [0.25, 0.3) is 0 Å². The van der Waals surface area contributed by atoms with E-state index in [2.05, 4.69) is 12.2 Å². The zero-order valence-corrected chi connectivity index (χ0v) is 24.2. The average Bonchev–Trinajstić information content (AvgIpc) is 2.78. The molecule has 0 aliphatic heterocycles. The average molecular weight is 498 g/mol. The number of hydrogen-bond acceptors (Lipinski definition) is 2. The van der Waals surface area contributed by atoms with Gasteiger partial charge in [-0.3, -0.25) is 4.79 Å². The second-order valence-corrected chi connectivity index (χ2v) is 11.6. The van der Waals surface area contributed by atoms with Gasteiger partial charge in [0.2, 0.25) is 11.9 Å². The highest BCUT2D eigenvalue weighted by Gasteiger charge is 2.39. The number of carboxylic acids is 1. The van der Waals surface area contributed by atoms with Crippen molar-refractivity contribution in [2.45, 2.75) is 161 Å². The summed E-state index contributed by atoms with van der Waals surface area (Å²) in [4.78, 5) is 24.0. The van der Waals surface area contributed by atoms with E-state index >= 15 is 0 Å². The highest BCUT2D eigenvalue weighted by molar-refractivity contribution is 5.78. The van der Waals surface area contributed by atoms with Gasteiger partial charge in [0.15, 0.2) is 0 Å². The number of nitrogens with zero attached hydrogens (tertiary/aromatic N) is 1. The Morgan fingerprint density at radius 2 is 0.971 bits per heavy atom. The van der Waals surface area contributed by atoms with Gasteiger partial charge in [-0.15, -0.1) is 0 Å². The summed E-state index contributed by atoms with van der Waals surface area (Å²) in [6.45, 7) is 4.22. The molecule has 2 unspecified atom stereocenters. The Morgan fingerprint density at radius 1 is 0.629 bits per heavy atom. The van der Waals surface area contributed by atoms with Crippen LogP contribution in [0.5, 0.6) is 0 Å². The molecule has 0 saturated heterocycles. The molecule has 208 valence electrons. The predicted molar refractivity (Wildman–Crippen MR) is 150 cm³/mol. The number of quaternary nitrogens is 1. The van der Waals surface area contributed by atoms with Crippen LogP contribution in [0.15, 0.2) is 0 Å². The number of nitrogens with one attached hydrogen (secondary N) is 1. The number of carbonyl (C=O) groups is 2. The molecule has 0 bridgehead atoms. The van der Waals surface area contributed by atoms with Gasteiger partial charge in [0.05, 0.1) is 27.2 Å². The lowest BCUT2D eigenvalue weighted by molar-refractivity contribution is -0.888. The first kappa shape index (κ1) is 33.9. The summed E-state index contributed by atoms with van der Waals surface area (Å²) in [5, 5.41) is 12.6. The number of rotatable bonds is 25. The standard InChI is InChI=1S/C30H60N2O3/c1-6-8-9-10-11-12-13-14-15-16-17-18-19-20-21-22-23-24-25-26-28(33)31-27(7-2)29(30(34)35)32(3,4)5/h27,29H,6-26H2,1-5H3,(H-,31,33,34,35)/p+1. The van der Waals surface area contributed by atoms with Gasteiger partial charge in [-0.1, -0.05) is 129 Å². The molecule has 0 aromatic heterocycles. The molecule has 2 atom stereocenters. The second kappa shape index (κ2) is 22.1. The molecule has 0 fully saturated rings. The normalized spacial score (nSPS) is 13.5. The van der Waals surface area contributed by atoms with Crippen molar-refractivity contribution in [1.29, 1.82) is 0 Å². The van der Waals surface area contributed by atoms with Gasteiger partial charge in [0, 0.05) is 6.42 Å². The Hall–Kier alpha value is -1.10. The lowest BCUT2D eigenvalue weighted by Crippen LogP contribution is -2.60. The van der Waals surface area contributed by atoms with Crippen molar-refractivity contribution in [3.63, 3.8) is 0 Å². The fraction of sp³-hybridized carbons (Fsp3) is 0.933. The lowest BCUT2D eigenvalue weighted by Gasteiger charge is -2.36. The molecule has 5 nitrogen and oxygen atoms in total. The molecular weight excluding hydrogens is 436 g/mol. The summed E-state index contributed by atoms with van der Waals surface area (Å²) < 4.78 is 0.299. The number of hydrogen-bond donors (Lipinski definition) is 2. The van der Waals surface area contributed by atoms with Crippen molar-refractivity contribution in [3.05, 3.63) is 0 Å². The summed E-state index contributed by atoms with van der Waals surface area (Å²) >= 11 is 0. The first-order valence-corrected chi connectivity index (χ1v) is 15.1. The smallest absolute Gasteiger partial charge is 0.364 e. The molecule has 0 rings (SSSR count). The van der Waals surface area contributed by atoms with Gasteiger partial charge < -0.3 is 14.9 Å². The van der Waals surface area contributed by atoms with Crippen LogP contribution in [-0.2, 0) is 9.59 Å². The second-order valence-electron chi connectivity index (χ2n) is 11.6. The van der Waals surface area contributed by atoms with Crippen LogP contribution in [-0.4, -0.2) is 54.7 Å². The predicted octanol–water partition coefficient (Wildman–Crippen LogP) is 7.86. The number of unbranched alkanes of at least 4 members (excludes halogenated alkanes) is 18. The molecule has 0 heterocycles. The number of aliphatic carboxylic acids is 1. The highest BCUT2D eigenvalue weighted by Crippen LogP contribution is 2.15. The molecule has 0 aromatic rings. The van der Waals surface area contributed by atoms with E-state index in [0.29, 0.717) is 17.3 Å². The fourth-order valence-corrected chi connectivity index (χ4v) is 5.09. The Labute approximate surface area is 218 Å². The molecule has 35 heavy (non-hydrogen) atoms. The van der Waals surface area contributed by atoms with Crippen molar-refractivity contribution >= 4 is 11.9 Å². The van der Waals surface area contributed by atoms with E-state index < -0.39 is 12.0 Å². The summed E-state index contributed by atoms with van der Waals surface area (Å²) in [5.74, 6) is -0.864. The maximum absolute atomic E-state index is 12.3. The van der Waals surface area contributed by atoms with Crippen molar-refractivity contribution < 1.29 is 19.2 Å². The Bertz CT molecular complexity index is 516. The van der Waals surface area contributed by atoms with Crippen LogP contribution < -0.4 is 5.32 Å². The van der Waals surface area contributed by atoms with Crippen LogP contribution in [0.4, 0.5) is 0 Å². The highest BCUT2D eigenvalue weighted by atomic mass is 16.4. The van der Waals surface area contributed by atoms with Gasteiger partial charge in [-0.05, 0) is 12.8 Å². The van der Waals surface area contributed by atoms with Crippen LogP contribution in [0, 0.1) is 0 Å². The molecule has 0 aliphatic rings. The number of carbonyl (C=O) groups excluding carboxylic acids is 1. The van der Waals surface area contributed by atoms with Crippen molar-refractivity contribution in [3.8, 4) is 0 Å². The molecule has 0 spiro atoms. The molecule has 2 N–H and O–H groups in total. The van der Waals surface area contributed by atoms with Gasteiger partial charge in [0.25, 0.3) is 0 Å². The largest absolute Gasteiger partial charge is 0.477 e. The minimum Gasteiger partial charge on any atom is -0.477 e. The van der Waals surface area contributed by atoms with E-state index in [1.165, 1.54) is 109 Å². The first-order chi connectivity index (χ1) is 16.7. The third kappa shape index (κ3) is 19.7. The maximum atomic E-state index is 12.3. The minimum absolute atomic E-state index is 0.0106. The molecule has 0 aromatic carbocycles. The summed E-state index contributed by atoms with van der Waals surface area (Å²) in [7, 11) is 5.60. The summed E-state index contributed by atoms with van der Waals surface area (Å²) in [5.41, 5.74) is 0. The zero-order valence-electron chi connectivity index (χ0n) is 24.2. The van der Waals surface area contributed by atoms with E-state index in [1.54, 1.807) is 0 Å². The van der Waals surface area contributed by atoms with E-state index in [0.717, 1.165) is 12.8 Å². The topological polar surface area (TPSA) is 66.4 Å². The van der Waals surface area contributed by atoms with Crippen molar-refractivity contribution in [2.24, 2.45) is 0 Å². The monoisotopic (exact) mass is 497 g/mol. The Morgan fingerprint density at radius 3 is 1.26 bits per heavy atom. The van der Waals surface area contributed by atoms with Crippen LogP contribution >= 0.6 is 0 Å². The van der Waals surface area contributed by atoms with Crippen molar-refractivity contribution in [1.82, 2.24) is 5.32 Å². The SMILES string of the molecule is CCCCCCCCCCCCCCCCCCCCCC(=O)NC(CC)C(C(=O)O)[N+](C)(C)C. The van der Waals surface area contributed by atoms with E-state index in [1.807, 2.05) is 28.1 Å². The quantitative estimate of drug-likeness (QED) is 0.0996. The molecule has 1 amide bonds.